The minimum Gasteiger partial charge on any atom is -0.370 e. The number of aromatic nitrogens is 2. The monoisotopic (exact) mass is 319 g/mol. The Labute approximate surface area is 138 Å². The van der Waals surface area contributed by atoms with Crippen LogP contribution in [0.4, 0.5) is 0 Å². The molecule has 0 unspecified atom stereocenters. The third-order valence-corrected chi connectivity index (χ3v) is 5.13. The number of rotatable bonds is 3. The van der Waals surface area contributed by atoms with Crippen LogP contribution in [0.25, 0.3) is 0 Å². The number of amides is 1. The molecule has 1 saturated carbocycles. The molecule has 1 saturated heterocycles. The van der Waals surface area contributed by atoms with Gasteiger partial charge in [0.05, 0.1) is 29.0 Å². The summed E-state index contributed by atoms with van der Waals surface area (Å²) >= 11 is 0. The van der Waals surface area contributed by atoms with Crippen LogP contribution in [0.2, 0.25) is 0 Å². The van der Waals surface area contributed by atoms with Gasteiger partial charge in [-0.25, -0.2) is 0 Å². The Morgan fingerprint density at radius 1 is 1.35 bits per heavy atom. The SMILES string of the molecule is CC(C)(C)n1cc(C(=O)NC[C@H]2CCC3(CCCCC3)O2)cn1. The Hall–Kier alpha value is -1.36. The lowest BCUT2D eigenvalue weighted by atomic mass is 9.83. The molecule has 1 amide bonds. The molecule has 128 valence electrons. The zero-order chi connectivity index (χ0) is 16.5. The predicted molar refractivity (Wildman–Crippen MR) is 89.5 cm³/mol. The molecule has 1 atom stereocenters. The fourth-order valence-electron chi connectivity index (χ4n) is 3.72. The molecule has 5 heteroatoms. The molecule has 2 aliphatic rings. The molecule has 1 aromatic heterocycles. The third kappa shape index (κ3) is 3.77. The van der Waals surface area contributed by atoms with Crippen LogP contribution in [0.3, 0.4) is 0 Å². The second-order valence-corrected chi connectivity index (χ2v) is 8.08. The van der Waals surface area contributed by atoms with E-state index >= 15 is 0 Å². The lowest BCUT2D eigenvalue weighted by Crippen LogP contribution is -2.36. The van der Waals surface area contributed by atoms with E-state index < -0.39 is 0 Å². The number of hydrogen-bond acceptors (Lipinski definition) is 3. The quantitative estimate of drug-likeness (QED) is 0.930. The molecule has 1 spiro atoms. The second-order valence-electron chi connectivity index (χ2n) is 8.08. The molecule has 2 fully saturated rings. The second kappa shape index (κ2) is 6.27. The zero-order valence-electron chi connectivity index (χ0n) is 14.6. The van der Waals surface area contributed by atoms with Crippen molar-refractivity contribution >= 4 is 5.91 Å². The summed E-state index contributed by atoms with van der Waals surface area (Å²) < 4.78 is 8.12. The highest BCUT2D eigenvalue weighted by atomic mass is 16.5. The van der Waals surface area contributed by atoms with Crippen LogP contribution < -0.4 is 5.32 Å². The van der Waals surface area contributed by atoms with E-state index in [4.69, 9.17) is 4.74 Å². The van der Waals surface area contributed by atoms with Gasteiger partial charge in [-0.1, -0.05) is 19.3 Å². The molecule has 5 nitrogen and oxygen atoms in total. The van der Waals surface area contributed by atoms with Gasteiger partial charge in [0.25, 0.3) is 5.91 Å². The number of ether oxygens (including phenoxy) is 1. The first-order chi connectivity index (χ1) is 10.9. The van der Waals surface area contributed by atoms with Crippen LogP contribution in [-0.2, 0) is 10.3 Å². The average Bonchev–Trinajstić information content (AvgIpc) is 3.13. The molecule has 1 N–H and O–H groups in total. The Balaban J connectivity index is 1.51. The van der Waals surface area contributed by atoms with Gasteiger partial charge in [0, 0.05) is 12.7 Å². The van der Waals surface area contributed by atoms with Gasteiger partial charge >= 0.3 is 0 Å². The summed E-state index contributed by atoms with van der Waals surface area (Å²) in [6.07, 6.45) is 12.1. The Morgan fingerprint density at radius 2 is 2.09 bits per heavy atom. The molecule has 3 rings (SSSR count). The largest absolute Gasteiger partial charge is 0.370 e. The van der Waals surface area contributed by atoms with E-state index in [2.05, 4.69) is 31.2 Å². The number of nitrogens with one attached hydrogen (secondary N) is 1. The summed E-state index contributed by atoms with van der Waals surface area (Å²) in [7, 11) is 0. The van der Waals surface area contributed by atoms with Crippen molar-refractivity contribution in [1.82, 2.24) is 15.1 Å². The first kappa shape index (κ1) is 16.5. The number of carbonyl (C=O) groups excluding carboxylic acids is 1. The first-order valence-corrected chi connectivity index (χ1v) is 8.89. The van der Waals surface area contributed by atoms with Crippen molar-refractivity contribution in [3.05, 3.63) is 18.0 Å². The van der Waals surface area contributed by atoms with Crippen LogP contribution in [0, 0.1) is 0 Å². The average molecular weight is 319 g/mol. The highest BCUT2D eigenvalue weighted by molar-refractivity contribution is 5.93. The standard InChI is InChI=1S/C18H29N3O2/c1-17(2,3)21-13-14(11-20-21)16(22)19-12-15-7-10-18(23-15)8-5-4-6-9-18/h11,13,15H,4-10,12H2,1-3H3,(H,19,22)/t15-/m1/s1. The van der Waals surface area contributed by atoms with E-state index in [0.29, 0.717) is 12.1 Å². The van der Waals surface area contributed by atoms with Crippen LogP contribution >= 0.6 is 0 Å². The van der Waals surface area contributed by atoms with E-state index in [1.807, 2.05) is 10.9 Å². The van der Waals surface area contributed by atoms with Gasteiger partial charge in [0.2, 0.25) is 0 Å². The molecular weight excluding hydrogens is 290 g/mol. The first-order valence-electron chi connectivity index (χ1n) is 8.89. The van der Waals surface area contributed by atoms with Crippen LogP contribution in [0.1, 0.15) is 76.1 Å². The molecule has 1 aliphatic heterocycles. The minimum absolute atomic E-state index is 0.0614. The Morgan fingerprint density at radius 3 is 2.74 bits per heavy atom. The molecule has 0 aromatic carbocycles. The van der Waals surface area contributed by atoms with Crippen molar-refractivity contribution in [1.29, 1.82) is 0 Å². The smallest absolute Gasteiger partial charge is 0.254 e. The summed E-state index contributed by atoms with van der Waals surface area (Å²) in [6, 6.07) is 0. The molecule has 1 aromatic rings. The van der Waals surface area contributed by atoms with E-state index in [-0.39, 0.29) is 23.2 Å². The topological polar surface area (TPSA) is 56.2 Å². The summed E-state index contributed by atoms with van der Waals surface area (Å²) in [5, 5.41) is 7.29. The third-order valence-electron chi connectivity index (χ3n) is 5.13. The van der Waals surface area contributed by atoms with Gasteiger partial charge in [-0.3, -0.25) is 9.48 Å². The lowest BCUT2D eigenvalue weighted by Gasteiger charge is -2.33. The number of carbonyl (C=O) groups is 1. The van der Waals surface area contributed by atoms with Gasteiger partial charge in [-0.2, -0.15) is 5.10 Å². The molecule has 0 bridgehead atoms. The highest BCUT2D eigenvalue weighted by Gasteiger charge is 2.40. The molecule has 2 heterocycles. The van der Waals surface area contributed by atoms with Crippen molar-refractivity contribution in [2.45, 2.75) is 83.0 Å². The highest BCUT2D eigenvalue weighted by Crippen LogP contribution is 2.41. The minimum atomic E-state index is -0.111. The van der Waals surface area contributed by atoms with Crippen LogP contribution in [-0.4, -0.2) is 33.9 Å². The van der Waals surface area contributed by atoms with Crippen LogP contribution in [0.15, 0.2) is 12.4 Å². The van der Waals surface area contributed by atoms with E-state index in [0.717, 1.165) is 12.8 Å². The summed E-state index contributed by atoms with van der Waals surface area (Å²) in [4.78, 5) is 12.3. The summed E-state index contributed by atoms with van der Waals surface area (Å²) in [5.74, 6) is -0.0614. The number of nitrogens with zero attached hydrogens (tertiary/aromatic N) is 2. The fourth-order valence-corrected chi connectivity index (χ4v) is 3.72. The van der Waals surface area contributed by atoms with E-state index in [1.165, 1.54) is 32.1 Å². The Kier molecular flexibility index (Phi) is 4.50. The fraction of sp³-hybridized carbons (Fsp3) is 0.778. The van der Waals surface area contributed by atoms with Crippen molar-refractivity contribution in [2.24, 2.45) is 0 Å². The van der Waals surface area contributed by atoms with E-state index in [9.17, 15) is 4.79 Å². The molecule has 23 heavy (non-hydrogen) atoms. The normalized spacial score (nSPS) is 24.0. The zero-order valence-corrected chi connectivity index (χ0v) is 14.6. The number of hydrogen-bond donors (Lipinski definition) is 1. The van der Waals surface area contributed by atoms with E-state index in [1.54, 1.807) is 6.20 Å². The Bertz CT molecular complexity index is 553. The van der Waals surface area contributed by atoms with Gasteiger partial charge in [-0.05, 0) is 46.5 Å². The van der Waals surface area contributed by atoms with Crippen molar-refractivity contribution in [3.8, 4) is 0 Å². The lowest BCUT2D eigenvalue weighted by molar-refractivity contribution is -0.0618. The summed E-state index contributed by atoms with van der Waals surface area (Å²) in [5.41, 5.74) is 0.621. The van der Waals surface area contributed by atoms with Gasteiger partial charge in [0.15, 0.2) is 0 Å². The van der Waals surface area contributed by atoms with Gasteiger partial charge in [-0.15, -0.1) is 0 Å². The van der Waals surface area contributed by atoms with Crippen LogP contribution in [0.5, 0.6) is 0 Å². The maximum absolute atomic E-state index is 12.3. The summed E-state index contributed by atoms with van der Waals surface area (Å²) in [6.45, 7) is 6.80. The van der Waals surface area contributed by atoms with Crippen molar-refractivity contribution in [3.63, 3.8) is 0 Å². The molecule has 1 aliphatic carbocycles. The van der Waals surface area contributed by atoms with Crippen molar-refractivity contribution < 1.29 is 9.53 Å². The van der Waals surface area contributed by atoms with Crippen molar-refractivity contribution in [2.75, 3.05) is 6.54 Å². The predicted octanol–water partition coefficient (Wildman–Crippen LogP) is 3.25. The van der Waals surface area contributed by atoms with Gasteiger partial charge < -0.3 is 10.1 Å². The molecule has 0 radical (unpaired) electrons. The van der Waals surface area contributed by atoms with Gasteiger partial charge in [0.1, 0.15) is 0 Å². The maximum atomic E-state index is 12.3. The maximum Gasteiger partial charge on any atom is 0.254 e. The molecular formula is C18H29N3O2.